The van der Waals surface area contributed by atoms with E-state index in [4.69, 9.17) is 0 Å². The zero-order chi connectivity index (χ0) is 19.2. The molecule has 4 rings (SSSR count). The van der Waals surface area contributed by atoms with Crippen LogP contribution >= 0.6 is 23.1 Å². The minimum atomic E-state index is -1.24. The van der Waals surface area contributed by atoms with E-state index in [1.54, 1.807) is 11.8 Å². The number of amides is 2. The van der Waals surface area contributed by atoms with Gasteiger partial charge in [-0.1, -0.05) is 41.3 Å². The second-order valence-corrected chi connectivity index (χ2v) is 9.09. The van der Waals surface area contributed by atoms with Gasteiger partial charge in [-0.2, -0.15) is 0 Å². The molecule has 2 heterocycles. The highest BCUT2D eigenvalue weighted by molar-refractivity contribution is 8.02. The van der Waals surface area contributed by atoms with Crippen molar-refractivity contribution in [2.75, 3.05) is 16.8 Å². The Labute approximate surface area is 165 Å². The van der Waals surface area contributed by atoms with Crippen LogP contribution in [0.4, 0.5) is 10.8 Å². The number of thioether (sulfide) groups is 1. The second kappa shape index (κ2) is 6.65. The third-order valence-corrected chi connectivity index (χ3v) is 6.90. The molecular weight excluding hydrogens is 378 g/mol. The summed E-state index contributed by atoms with van der Waals surface area (Å²) < 4.78 is -0.225. The molecule has 2 aromatic carbocycles. The van der Waals surface area contributed by atoms with Crippen LogP contribution in [0.1, 0.15) is 19.4 Å². The van der Waals surface area contributed by atoms with E-state index in [9.17, 15) is 9.59 Å². The van der Waals surface area contributed by atoms with Crippen LogP contribution in [0.2, 0.25) is 0 Å². The maximum absolute atomic E-state index is 13.1. The molecular formula is C20H19N3O2S2. The van der Waals surface area contributed by atoms with Crippen LogP contribution in [0.25, 0.3) is 10.2 Å². The molecule has 0 spiro atoms. The van der Waals surface area contributed by atoms with Gasteiger partial charge >= 0.3 is 0 Å². The summed E-state index contributed by atoms with van der Waals surface area (Å²) in [7, 11) is 0. The zero-order valence-corrected chi connectivity index (χ0v) is 16.9. The molecule has 1 atom stereocenters. The van der Waals surface area contributed by atoms with Gasteiger partial charge in [-0.25, -0.2) is 4.98 Å². The maximum atomic E-state index is 13.1. The van der Waals surface area contributed by atoms with E-state index in [1.165, 1.54) is 23.1 Å². The molecule has 27 heavy (non-hydrogen) atoms. The van der Waals surface area contributed by atoms with Gasteiger partial charge in [0.15, 0.2) is 9.88 Å². The van der Waals surface area contributed by atoms with Crippen molar-refractivity contribution in [3.8, 4) is 0 Å². The lowest BCUT2D eigenvalue weighted by atomic mass is 10.1. The van der Waals surface area contributed by atoms with Gasteiger partial charge in [0.2, 0.25) is 0 Å². The number of benzene rings is 2. The van der Waals surface area contributed by atoms with Crippen molar-refractivity contribution >= 4 is 55.9 Å². The van der Waals surface area contributed by atoms with E-state index < -0.39 is 4.75 Å². The Morgan fingerprint density at radius 1 is 1.26 bits per heavy atom. The minimum absolute atomic E-state index is 0.205. The predicted octanol–water partition coefficient (Wildman–Crippen LogP) is 4.46. The summed E-state index contributed by atoms with van der Waals surface area (Å²) in [6.45, 7) is 6.14. The summed E-state index contributed by atoms with van der Waals surface area (Å²) in [5, 5.41) is 3.38. The van der Waals surface area contributed by atoms with Gasteiger partial charge in [-0.05, 0) is 50.6 Å². The third kappa shape index (κ3) is 3.00. The quantitative estimate of drug-likeness (QED) is 0.663. The summed E-state index contributed by atoms with van der Waals surface area (Å²) in [6, 6.07) is 13.7. The molecule has 0 saturated carbocycles. The van der Waals surface area contributed by atoms with Crippen molar-refractivity contribution < 1.29 is 9.59 Å². The first-order valence-electron chi connectivity index (χ1n) is 8.71. The monoisotopic (exact) mass is 397 g/mol. The Morgan fingerprint density at radius 3 is 2.81 bits per heavy atom. The van der Waals surface area contributed by atoms with Gasteiger partial charge in [0.1, 0.15) is 0 Å². The summed E-state index contributed by atoms with van der Waals surface area (Å²) >= 11 is 2.72. The number of carbonyl (C=O) groups is 2. The van der Waals surface area contributed by atoms with Gasteiger partial charge in [-0.3, -0.25) is 9.59 Å². The Hall–Kier alpha value is -2.38. The number of carbonyl (C=O) groups excluding carboxylic acids is 2. The van der Waals surface area contributed by atoms with Gasteiger partial charge in [0.25, 0.3) is 11.8 Å². The van der Waals surface area contributed by atoms with Crippen LogP contribution in [0, 0.1) is 6.92 Å². The fraction of sp³-hybridized carbons (Fsp3) is 0.250. The average molecular weight is 398 g/mol. The first-order chi connectivity index (χ1) is 12.9. The number of nitrogens with zero attached hydrogens (tertiary/aromatic N) is 2. The lowest BCUT2D eigenvalue weighted by Gasteiger charge is -2.38. The molecule has 0 fully saturated rings. The fourth-order valence-corrected chi connectivity index (χ4v) is 5.33. The summed E-state index contributed by atoms with van der Waals surface area (Å²) in [4.78, 5) is 33.3. The second-order valence-electron chi connectivity index (χ2n) is 6.60. The molecule has 1 unspecified atom stereocenters. The summed E-state index contributed by atoms with van der Waals surface area (Å²) in [6.07, 6.45) is 0. The van der Waals surface area contributed by atoms with E-state index in [2.05, 4.69) is 10.3 Å². The number of hydrogen-bond acceptors (Lipinski definition) is 5. The number of aryl methyl sites for hydroxylation is 1. The zero-order valence-electron chi connectivity index (χ0n) is 15.3. The highest BCUT2D eigenvalue weighted by Crippen LogP contribution is 2.45. The predicted molar refractivity (Wildman–Crippen MR) is 112 cm³/mol. The topological polar surface area (TPSA) is 62.3 Å². The van der Waals surface area contributed by atoms with Crippen molar-refractivity contribution in [2.45, 2.75) is 30.4 Å². The van der Waals surface area contributed by atoms with Crippen molar-refractivity contribution in [1.29, 1.82) is 0 Å². The van der Waals surface area contributed by atoms with Gasteiger partial charge in [-0.15, -0.1) is 0 Å². The average Bonchev–Trinajstić information content (AvgIpc) is 3.04. The standard InChI is InChI=1S/C20H19N3O2S2/c1-4-23-14-7-5-6-8-15(14)27-20(3,18(23)25)17(24)22-19-21-13-10-9-12(2)11-16(13)26-19/h5-11H,4H2,1-3H3,(H,21,22,24). The van der Waals surface area contributed by atoms with Crippen LogP contribution in [0.5, 0.6) is 0 Å². The van der Waals surface area contributed by atoms with Crippen LogP contribution in [-0.4, -0.2) is 28.1 Å². The maximum Gasteiger partial charge on any atom is 0.252 e. The Balaban J connectivity index is 1.66. The smallest absolute Gasteiger partial charge is 0.252 e. The van der Waals surface area contributed by atoms with E-state index >= 15 is 0 Å². The highest BCUT2D eigenvalue weighted by Gasteiger charge is 2.49. The van der Waals surface area contributed by atoms with Crippen molar-refractivity contribution in [2.24, 2.45) is 0 Å². The minimum Gasteiger partial charge on any atom is -0.310 e. The van der Waals surface area contributed by atoms with Gasteiger partial charge < -0.3 is 10.2 Å². The molecule has 1 aliphatic heterocycles. The Bertz CT molecular complexity index is 1060. The van der Waals surface area contributed by atoms with Crippen LogP contribution in [0.3, 0.4) is 0 Å². The molecule has 1 aromatic heterocycles. The number of thiazole rings is 1. The number of nitrogens with one attached hydrogen (secondary N) is 1. The molecule has 1 N–H and O–H groups in total. The fourth-order valence-electron chi connectivity index (χ4n) is 3.16. The molecule has 1 aliphatic rings. The largest absolute Gasteiger partial charge is 0.310 e. The van der Waals surface area contributed by atoms with E-state index in [0.717, 1.165) is 26.4 Å². The van der Waals surface area contributed by atoms with Crippen LogP contribution < -0.4 is 10.2 Å². The number of para-hydroxylation sites is 1. The molecule has 0 aliphatic carbocycles. The van der Waals surface area contributed by atoms with Crippen LogP contribution in [0.15, 0.2) is 47.4 Å². The van der Waals surface area contributed by atoms with Gasteiger partial charge in [0, 0.05) is 11.4 Å². The lowest BCUT2D eigenvalue weighted by Crippen LogP contribution is -2.54. The molecule has 7 heteroatoms. The highest BCUT2D eigenvalue weighted by atomic mass is 32.2. The van der Waals surface area contributed by atoms with Crippen molar-refractivity contribution in [1.82, 2.24) is 4.98 Å². The number of hydrogen-bond donors (Lipinski definition) is 1. The third-order valence-electron chi connectivity index (χ3n) is 4.64. The normalized spacial score (nSPS) is 19.2. The molecule has 0 radical (unpaired) electrons. The lowest BCUT2D eigenvalue weighted by molar-refractivity contribution is -0.128. The van der Waals surface area contributed by atoms with E-state index in [-0.39, 0.29) is 11.8 Å². The Kier molecular flexibility index (Phi) is 4.44. The molecule has 0 bridgehead atoms. The SMILES string of the molecule is CCN1C(=O)C(C)(C(=O)Nc2nc3ccc(C)cc3s2)Sc2ccccc21. The molecule has 5 nitrogen and oxygen atoms in total. The first kappa shape index (κ1) is 18.0. The molecule has 2 amide bonds. The summed E-state index contributed by atoms with van der Waals surface area (Å²) in [5.41, 5.74) is 2.84. The van der Waals surface area contributed by atoms with E-state index in [1.807, 2.05) is 56.3 Å². The van der Waals surface area contributed by atoms with Gasteiger partial charge in [0.05, 0.1) is 15.9 Å². The molecule has 138 valence electrons. The Morgan fingerprint density at radius 2 is 2.04 bits per heavy atom. The van der Waals surface area contributed by atoms with Crippen molar-refractivity contribution in [3.63, 3.8) is 0 Å². The molecule has 3 aromatic rings. The number of fused-ring (bicyclic) bond motifs is 2. The summed E-state index contributed by atoms with van der Waals surface area (Å²) in [5.74, 6) is -0.551. The number of anilines is 2. The number of rotatable bonds is 3. The number of aromatic nitrogens is 1. The van der Waals surface area contributed by atoms with E-state index in [0.29, 0.717) is 11.7 Å². The molecule has 0 saturated heterocycles. The van der Waals surface area contributed by atoms with Crippen LogP contribution in [-0.2, 0) is 9.59 Å². The first-order valence-corrected chi connectivity index (χ1v) is 10.3. The van der Waals surface area contributed by atoms with Crippen molar-refractivity contribution in [3.05, 3.63) is 48.0 Å².